The van der Waals surface area contributed by atoms with E-state index in [0.29, 0.717) is 11.4 Å². The molecule has 0 aliphatic heterocycles. The summed E-state index contributed by atoms with van der Waals surface area (Å²) in [6, 6.07) is 2.86. The van der Waals surface area contributed by atoms with Crippen LogP contribution in [0.4, 0.5) is 10.1 Å². The minimum atomic E-state index is -1.33. The summed E-state index contributed by atoms with van der Waals surface area (Å²) < 4.78 is 13.9. The topological polar surface area (TPSA) is 83.5 Å². The number of aliphatic hydroxyl groups excluding tert-OH is 2. The van der Waals surface area contributed by atoms with Crippen molar-refractivity contribution in [1.29, 1.82) is 0 Å². The Kier molecular flexibility index (Phi) is 5.78. The van der Waals surface area contributed by atoms with Gasteiger partial charge >= 0.3 is 0 Å². The van der Waals surface area contributed by atoms with Gasteiger partial charge in [0.15, 0.2) is 5.12 Å². The Labute approximate surface area is 115 Å². The molecule has 0 saturated heterocycles. The van der Waals surface area contributed by atoms with Crippen LogP contribution in [0.15, 0.2) is 12.1 Å². The highest BCUT2D eigenvalue weighted by Crippen LogP contribution is 2.27. The quantitative estimate of drug-likeness (QED) is 0.719. The molecule has 6 heteroatoms. The molecule has 0 radical (unpaired) electrons. The van der Waals surface area contributed by atoms with Crippen molar-refractivity contribution in [3.63, 3.8) is 0 Å². The average molecular weight is 287 g/mol. The number of rotatable bonds is 5. The van der Waals surface area contributed by atoms with Crippen LogP contribution in [0.25, 0.3) is 0 Å². The Hall–Kier alpha value is -1.11. The third kappa shape index (κ3) is 4.19. The highest BCUT2D eigenvalue weighted by atomic mass is 32.2. The summed E-state index contributed by atoms with van der Waals surface area (Å²) in [5.74, 6) is -0.228. The highest BCUT2D eigenvalue weighted by molar-refractivity contribution is 8.13. The lowest BCUT2D eigenvalue weighted by molar-refractivity contribution is -0.109. The summed E-state index contributed by atoms with van der Waals surface area (Å²) in [6.07, 6.45) is -2.25. The van der Waals surface area contributed by atoms with Crippen molar-refractivity contribution in [2.75, 3.05) is 11.5 Å². The molecule has 0 fully saturated rings. The lowest BCUT2D eigenvalue weighted by Gasteiger charge is -2.19. The van der Waals surface area contributed by atoms with Crippen molar-refractivity contribution in [1.82, 2.24) is 0 Å². The van der Waals surface area contributed by atoms with Crippen molar-refractivity contribution < 1.29 is 19.4 Å². The standard InChI is InChI=1S/C13H18FNO3S/c1-7-10(15)4-3-9(12(7)14)13(18)11(17)5-6-19-8(2)16/h3-4,11,13,17-18H,5-6,15H2,1-2H3. The minimum absolute atomic E-state index is 0.0204. The molecule has 4 N–H and O–H groups in total. The van der Waals surface area contributed by atoms with Gasteiger partial charge in [-0.15, -0.1) is 0 Å². The number of nitrogen functional groups attached to an aromatic ring is 1. The number of hydrogen-bond donors (Lipinski definition) is 3. The van der Waals surface area contributed by atoms with E-state index in [1.807, 2.05) is 0 Å². The zero-order valence-electron chi connectivity index (χ0n) is 10.9. The Morgan fingerprint density at radius 3 is 2.68 bits per heavy atom. The molecule has 1 aromatic rings. The summed E-state index contributed by atoms with van der Waals surface area (Å²) in [5.41, 5.74) is 6.13. The van der Waals surface area contributed by atoms with Crippen LogP contribution >= 0.6 is 11.8 Å². The fourth-order valence-corrected chi connectivity index (χ4v) is 2.28. The van der Waals surface area contributed by atoms with Crippen molar-refractivity contribution in [2.45, 2.75) is 32.5 Å². The second-order valence-electron chi connectivity index (χ2n) is 4.32. The van der Waals surface area contributed by atoms with Gasteiger partial charge in [0.2, 0.25) is 0 Å². The summed E-state index contributed by atoms with van der Waals surface area (Å²) in [5, 5.41) is 19.7. The van der Waals surface area contributed by atoms with Crippen LogP contribution in [0, 0.1) is 12.7 Å². The van der Waals surface area contributed by atoms with Gasteiger partial charge in [0.1, 0.15) is 11.9 Å². The average Bonchev–Trinajstić information content (AvgIpc) is 2.35. The van der Waals surface area contributed by atoms with E-state index in [-0.39, 0.29) is 22.7 Å². The second-order valence-corrected chi connectivity index (χ2v) is 5.60. The molecule has 0 aromatic heterocycles. The van der Waals surface area contributed by atoms with Crippen LogP contribution in [-0.4, -0.2) is 27.2 Å². The molecular weight excluding hydrogens is 269 g/mol. The molecule has 0 bridgehead atoms. The molecular formula is C13H18FNO3S. The van der Waals surface area contributed by atoms with Gasteiger partial charge < -0.3 is 15.9 Å². The number of halogens is 1. The Bertz CT molecular complexity index is 467. The van der Waals surface area contributed by atoms with Crippen molar-refractivity contribution in [3.8, 4) is 0 Å². The first kappa shape index (κ1) is 15.9. The van der Waals surface area contributed by atoms with Crippen LogP contribution in [-0.2, 0) is 4.79 Å². The van der Waals surface area contributed by atoms with Crippen LogP contribution in [0.3, 0.4) is 0 Å². The normalized spacial score (nSPS) is 14.2. The SMILES string of the molecule is CC(=O)SCCC(O)C(O)c1ccc(N)c(C)c1F. The summed E-state index contributed by atoms with van der Waals surface area (Å²) in [4.78, 5) is 10.7. The number of hydrogen-bond acceptors (Lipinski definition) is 5. The van der Waals surface area contributed by atoms with E-state index in [2.05, 4.69) is 0 Å². The number of carbonyl (C=O) groups excluding carboxylic acids is 1. The van der Waals surface area contributed by atoms with Crippen molar-refractivity contribution >= 4 is 22.6 Å². The smallest absolute Gasteiger partial charge is 0.185 e. The molecule has 0 aliphatic rings. The Balaban J connectivity index is 2.74. The number of carbonyl (C=O) groups is 1. The predicted octanol–water partition coefficient (Wildman–Crippen LogP) is 1.78. The third-order valence-corrected chi connectivity index (χ3v) is 3.71. The molecule has 0 aliphatic carbocycles. The molecule has 19 heavy (non-hydrogen) atoms. The molecule has 1 rings (SSSR count). The Morgan fingerprint density at radius 2 is 2.11 bits per heavy atom. The van der Waals surface area contributed by atoms with E-state index in [1.54, 1.807) is 0 Å². The number of nitrogens with two attached hydrogens (primary N) is 1. The summed E-state index contributed by atoms with van der Waals surface area (Å²) in [7, 11) is 0. The number of anilines is 1. The van der Waals surface area contributed by atoms with E-state index in [4.69, 9.17) is 5.73 Å². The van der Waals surface area contributed by atoms with E-state index in [1.165, 1.54) is 26.0 Å². The monoisotopic (exact) mass is 287 g/mol. The molecule has 0 amide bonds. The van der Waals surface area contributed by atoms with Gasteiger partial charge in [0, 0.05) is 29.5 Å². The highest BCUT2D eigenvalue weighted by Gasteiger charge is 2.22. The second kappa shape index (κ2) is 6.88. The number of benzene rings is 1. The van der Waals surface area contributed by atoms with Crippen molar-refractivity contribution in [2.24, 2.45) is 0 Å². The molecule has 106 valence electrons. The van der Waals surface area contributed by atoms with Gasteiger partial charge in [0.25, 0.3) is 0 Å². The van der Waals surface area contributed by atoms with Crippen LogP contribution in [0.1, 0.15) is 30.6 Å². The van der Waals surface area contributed by atoms with E-state index >= 15 is 0 Å². The maximum Gasteiger partial charge on any atom is 0.185 e. The van der Waals surface area contributed by atoms with Gasteiger partial charge in [-0.1, -0.05) is 17.8 Å². The van der Waals surface area contributed by atoms with Gasteiger partial charge in [-0.2, -0.15) is 0 Å². The first-order valence-electron chi connectivity index (χ1n) is 5.88. The molecule has 2 atom stereocenters. The fourth-order valence-electron chi connectivity index (χ4n) is 1.64. The molecule has 1 aromatic carbocycles. The van der Waals surface area contributed by atoms with Crippen LogP contribution < -0.4 is 5.73 Å². The summed E-state index contributed by atoms with van der Waals surface area (Å²) >= 11 is 1.06. The predicted molar refractivity (Wildman–Crippen MR) is 74.3 cm³/mol. The molecule has 0 heterocycles. The zero-order chi connectivity index (χ0) is 14.6. The number of aliphatic hydroxyl groups is 2. The van der Waals surface area contributed by atoms with Gasteiger partial charge in [-0.05, 0) is 19.4 Å². The van der Waals surface area contributed by atoms with Gasteiger partial charge in [-0.3, -0.25) is 4.79 Å². The lowest BCUT2D eigenvalue weighted by Crippen LogP contribution is -2.20. The Morgan fingerprint density at radius 1 is 1.47 bits per heavy atom. The van der Waals surface area contributed by atoms with E-state index < -0.39 is 18.0 Å². The maximum absolute atomic E-state index is 13.9. The molecule has 4 nitrogen and oxygen atoms in total. The first-order valence-corrected chi connectivity index (χ1v) is 6.87. The van der Waals surface area contributed by atoms with E-state index in [0.717, 1.165) is 11.8 Å². The van der Waals surface area contributed by atoms with Crippen LogP contribution in [0.5, 0.6) is 0 Å². The molecule has 0 saturated carbocycles. The summed E-state index contributed by atoms with van der Waals surface area (Å²) in [6.45, 7) is 2.94. The largest absolute Gasteiger partial charge is 0.398 e. The molecule has 2 unspecified atom stereocenters. The number of thioether (sulfide) groups is 1. The van der Waals surface area contributed by atoms with Gasteiger partial charge in [-0.25, -0.2) is 4.39 Å². The van der Waals surface area contributed by atoms with Gasteiger partial charge in [0.05, 0.1) is 6.10 Å². The van der Waals surface area contributed by atoms with E-state index in [9.17, 15) is 19.4 Å². The van der Waals surface area contributed by atoms with Crippen LogP contribution in [0.2, 0.25) is 0 Å². The minimum Gasteiger partial charge on any atom is -0.398 e. The lowest BCUT2D eigenvalue weighted by atomic mass is 9.99. The van der Waals surface area contributed by atoms with Crippen molar-refractivity contribution in [3.05, 3.63) is 29.1 Å². The molecule has 0 spiro atoms. The maximum atomic E-state index is 13.9. The fraction of sp³-hybridized carbons (Fsp3) is 0.462. The third-order valence-electron chi connectivity index (χ3n) is 2.86. The zero-order valence-corrected chi connectivity index (χ0v) is 11.7. The first-order chi connectivity index (χ1) is 8.84.